The number of rotatable bonds is 5. The van der Waals surface area contributed by atoms with Gasteiger partial charge in [0, 0.05) is 21.1 Å². The average molecular weight is 355 g/mol. The zero-order valence-electron chi connectivity index (χ0n) is 11.3. The molecule has 1 unspecified atom stereocenters. The Hall–Kier alpha value is -1.03. The zero-order valence-corrected chi connectivity index (χ0v) is 13.6. The van der Waals surface area contributed by atoms with Crippen molar-refractivity contribution in [2.45, 2.75) is 26.0 Å². The molecule has 0 spiro atoms. The lowest BCUT2D eigenvalue weighted by molar-refractivity contribution is 0.302. The molecule has 0 aliphatic heterocycles. The first-order valence-electron chi connectivity index (χ1n) is 6.46. The lowest BCUT2D eigenvalue weighted by Crippen LogP contribution is -2.18. The van der Waals surface area contributed by atoms with Crippen molar-refractivity contribution in [1.29, 1.82) is 0 Å². The number of hydrogen-bond acceptors (Lipinski definition) is 2. The Kier molecular flexibility index (Phi) is 5.46. The van der Waals surface area contributed by atoms with Gasteiger partial charge in [0.25, 0.3) is 0 Å². The van der Waals surface area contributed by atoms with Crippen LogP contribution in [0.15, 0.2) is 46.9 Å². The standard InChI is InChI=1S/C16H17BrClNO/c1-11(19)9-14-15(18)3-2-4-16(14)20-10-12-5-7-13(17)8-6-12/h2-8,11H,9-10,19H2,1H3. The molecule has 0 amide bonds. The van der Waals surface area contributed by atoms with Crippen LogP contribution in [-0.2, 0) is 13.0 Å². The average Bonchev–Trinajstić information content (AvgIpc) is 2.41. The molecule has 0 bridgehead atoms. The Balaban J connectivity index is 2.12. The molecule has 0 saturated heterocycles. The number of benzene rings is 2. The van der Waals surface area contributed by atoms with E-state index in [4.69, 9.17) is 22.1 Å². The van der Waals surface area contributed by atoms with Gasteiger partial charge in [0.05, 0.1) is 0 Å². The highest BCUT2D eigenvalue weighted by atomic mass is 79.9. The van der Waals surface area contributed by atoms with Gasteiger partial charge in [-0.25, -0.2) is 0 Å². The number of halogens is 2. The molecule has 0 aliphatic carbocycles. The van der Waals surface area contributed by atoms with Crippen LogP contribution in [-0.4, -0.2) is 6.04 Å². The molecule has 0 radical (unpaired) electrons. The van der Waals surface area contributed by atoms with Crippen LogP contribution in [0, 0.1) is 0 Å². The van der Waals surface area contributed by atoms with E-state index in [9.17, 15) is 0 Å². The summed E-state index contributed by atoms with van der Waals surface area (Å²) in [4.78, 5) is 0. The normalized spacial score (nSPS) is 12.2. The molecule has 0 heterocycles. The Morgan fingerprint density at radius 3 is 2.55 bits per heavy atom. The van der Waals surface area contributed by atoms with E-state index in [-0.39, 0.29) is 6.04 Å². The zero-order chi connectivity index (χ0) is 14.5. The molecule has 106 valence electrons. The van der Waals surface area contributed by atoms with Gasteiger partial charge in [-0.1, -0.05) is 45.7 Å². The summed E-state index contributed by atoms with van der Waals surface area (Å²) in [5.74, 6) is 0.803. The van der Waals surface area contributed by atoms with Crippen molar-refractivity contribution in [2.75, 3.05) is 0 Å². The van der Waals surface area contributed by atoms with Gasteiger partial charge in [-0.3, -0.25) is 0 Å². The maximum atomic E-state index is 6.23. The van der Waals surface area contributed by atoms with Gasteiger partial charge in [0.2, 0.25) is 0 Å². The fraction of sp³-hybridized carbons (Fsp3) is 0.250. The Morgan fingerprint density at radius 1 is 1.20 bits per heavy atom. The minimum Gasteiger partial charge on any atom is -0.489 e. The van der Waals surface area contributed by atoms with E-state index >= 15 is 0 Å². The molecule has 2 rings (SSSR count). The maximum absolute atomic E-state index is 6.23. The molecular formula is C16H17BrClNO. The first kappa shape index (κ1) is 15.4. The molecule has 0 fully saturated rings. The molecule has 0 aliphatic rings. The molecule has 1 atom stereocenters. The van der Waals surface area contributed by atoms with Gasteiger partial charge in [-0.15, -0.1) is 0 Å². The minimum atomic E-state index is 0.0462. The minimum absolute atomic E-state index is 0.0462. The molecule has 4 heteroatoms. The first-order chi connectivity index (χ1) is 9.56. The summed E-state index contributed by atoms with van der Waals surface area (Å²) >= 11 is 9.65. The second-order valence-corrected chi connectivity index (χ2v) is 6.14. The van der Waals surface area contributed by atoms with Crippen molar-refractivity contribution in [2.24, 2.45) is 5.73 Å². The highest BCUT2D eigenvalue weighted by Gasteiger charge is 2.10. The van der Waals surface area contributed by atoms with E-state index in [1.807, 2.05) is 49.4 Å². The third kappa shape index (κ3) is 4.23. The van der Waals surface area contributed by atoms with Crippen molar-refractivity contribution >= 4 is 27.5 Å². The van der Waals surface area contributed by atoms with Gasteiger partial charge in [-0.2, -0.15) is 0 Å². The van der Waals surface area contributed by atoms with E-state index in [2.05, 4.69) is 15.9 Å². The second-order valence-electron chi connectivity index (χ2n) is 4.81. The summed E-state index contributed by atoms with van der Waals surface area (Å²) in [5, 5.41) is 0.704. The Labute approximate surface area is 133 Å². The molecule has 20 heavy (non-hydrogen) atoms. The molecule has 2 nitrogen and oxygen atoms in total. The van der Waals surface area contributed by atoms with Crippen molar-refractivity contribution in [1.82, 2.24) is 0 Å². The smallest absolute Gasteiger partial charge is 0.124 e. The SMILES string of the molecule is CC(N)Cc1c(Cl)cccc1OCc1ccc(Br)cc1. The van der Waals surface area contributed by atoms with Crippen molar-refractivity contribution in [3.63, 3.8) is 0 Å². The Morgan fingerprint density at radius 2 is 1.90 bits per heavy atom. The van der Waals surface area contributed by atoms with Gasteiger partial charge < -0.3 is 10.5 Å². The molecule has 0 saturated carbocycles. The van der Waals surface area contributed by atoms with Crippen LogP contribution >= 0.6 is 27.5 Å². The van der Waals surface area contributed by atoms with Crippen LogP contribution in [0.2, 0.25) is 5.02 Å². The number of ether oxygens (including phenoxy) is 1. The van der Waals surface area contributed by atoms with Crippen LogP contribution < -0.4 is 10.5 Å². The van der Waals surface area contributed by atoms with E-state index in [0.717, 1.165) is 21.3 Å². The molecule has 2 aromatic rings. The lowest BCUT2D eigenvalue weighted by Gasteiger charge is -2.14. The molecule has 0 aromatic heterocycles. The highest BCUT2D eigenvalue weighted by molar-refractivity contribution is 9.10. The van der Waals surface area contributed by atoms with Crippen LogP contribution in [0.1, 0.15) is 18.1 Å². The van der Waals surface area contributed by atoms with E-state index in [1.54, 1.807) is 0 Å². The Bertz CT molecular complexity index is 569. The van der Waals surface area contributed by atoms with Crippen molar-refractivity contribution in [3.8, 4) is 5.75 Å². The van der Waals surface area contributed by atoms with Crippen LogP contribution in [0.4, 0.5) is 0 Å². The van der Waals surface area contributed by atoms with Crippen molar-refractivity contribution in [3.05, 3.63) is 63.1 Å². The summed E-state index contributed by atoms with van der Waals surface area (Å²) in [6.45, 7) is 2.47. The second kappa shape index (κ2) is 7.11. The fourth-order valence-electron chi connectivity index (χ4n) is 1.94. The lowest BCUT2D eigenvalue weighted by atomic mass is 10.1. The maximum Gasteiger partial charge on any atom is 0.124 e. The van der Waals surface area contributed by atoms with E-state index in [0.29, 0.717) is 18.1 Å². The van der Waals surface area contributed by atoms with Gasteiger partial charge >= 0.3 is 0 Å². The monoisotopic (exact) mass is 353 g/mol. The first-order valence-corrected chi connectivity index (χ1v) is 7.63. The quantitative estimate of drug-likeness (QED) is 0.853. The molecular weight excluding hydrogens is 338 g/mol. The molecule has 2 N–H and O–H groups in total. The number of nitrogens with two attached hydrogens (primary N) is 1. The predicted octanol–water partition coefficient (Wildman–Crippen LogP) is 4.57. The van der Waals surface area contributed by atoms with Gasteiger partial charge in [0.15, 0.2) is 0 Å². The summed E-state index contributed by atoms with van der Waals surface area (Å²) in [7, 11) is 0. The third-order valence-corrected chi connectivity index (χ3v) is 3.79. The topological polar surface area (TPSA) is 35.2 Å². The van der Waals surface area contributed by atoms with Crippen LogP contribution in [0.25, 0.3) is 0 Å². The number of hydrogen-bond donors (Lipinski definition) is 1. The predicted molar refractivity (Wildman–Crippen MR) is 87.3 cm³/mol. The van der Waals surface area contributed by atoms with Crippen molar-refractivity contribution < 1.29 is 4.74 Å². The van der Waals surface area contributed by atoms with Crippen LogP contribution in [0.3, 0.4) is 0 Å². The molecule has 2 aromatic carbocycles. The summed E-state index contributed by atoms with van der Waals surface area (Å²) < 4.78 is 6.95. The fourth-order valence-corrected chi connectivity index (χ4v) is 2.44. The van der Waals surface area contributed by atoms with Gasteiger partial charge in [0.1, 0.15) is 12.4 Å². The summed E-state index contributed by atoms with van der Waals surface area (Å²) in [6.07, 6.45) is 0.704. The van der Waals surface area contributed by atoms with E-state index in [1.165, 1.54) is 0 Å². The van der Waals surface area contributed by atoms with Gasteiger partial charge in [-0.05, 0) is 43.2 Å². The van der Waals surface area contributed by atoms with Crippen LogP contribution in [0.5, 0.6) is 5.75 Å². The third-order valence-electron chi connectivity index (χ3n) is 2.91. The highest BCUT2D eigenvalue weighted by Crippen LogP contribution is 2.28. The largest absolute Gasteiger partial charge is 0.489 e. The summed E-state index contributed by atoms with van der Waals surface area (Å²) in [5.41, 5.74) is 7.95. The summed E-state index contributed by atoms with van der Waals surface area (Å²) in [6, 6.07) is 13.8. The van der Waals surface area contributed by atoms with E-state index < -0.39 is 0 Å².